The first-order valence-corrected chi connectivity index (χ1v) is 8.86. The molecule has 1 aromatic carbocycles. The van der Waals surface area contributed by atoms with Gasteiger partial charge in [-0.2, -0.15) is 0 Å². The third-order valence-corrected chi connectivity index (χ3v) is 5.13. The van der Waals surface area contributed by atoms with Crippen molar-refractivity contribution in [3.05, 3.63) is 40.4 Å². The third-order valence-electron chi connectivity index (χ3n) is 3.53. The van der Waals surface area contributed by atoms with E-state index >= 15 is 0 Å². The molecule has 0 bridgehead atoms. The minimum Gasteiger partial charge on any atom is -0.324 e. The van der Waals surface area contributed by atoms with E-state index in [1.54, 1.807) is 0 Å². The summed E-state index contributed by atoms with van der Waals surface area (Å²) in [4.78, 5) is 1.29. The molecule has 1 atom stereocenters. The number of hydrogen-bond acceptors (Lipinski definition) is 2. The van der Waals surface area contributed by atoms with Crippen LogP contribution in [0.15, 0.2) is 45.3 Å². The van der Waals surface area contributed by atoms with Gasteiger partial charge in [-0.05, 0) is 43.9 Å². The van der Waals surface area contributed by atoms with Crippen molar-refractivity contribution in [2.45, 2.75) is 49.5 Å². The molecule has 1 aromatic rings. The molecule has 0 aliphatic heterocycles. The first-order valence-electron chi connectivity index (χ1n) is 7.08. The maximum absolute atomic E-state index is 6.35. The lowest BCUT2D eigenvalue weighted by Crippen LogP contribution is -2.25. The van der Waals surface area contributed by atoms with Crippen LogP contribution in [-0.2, 0) is 0 Å². The Morgan fingerprint density at radius 1 is 1.21 bits per heavy atom. The van der Waals surface area contributed by atoms with Gasteiger partial charge in [0, 0.05) is 21.2 Å². The molecule has 2 rings (SSSR count). The van der Waals surface area contributed by atoms with Gasteiger partial charge in [-0.15, -0.1) is 11.8 Å². The summed E-state index contributed by atoms with van der Waals surface area (Å²) < 4.78 is 1.14. The molecule has 0 spiro atoms. The molecule has 0 radical (unpaired) electrons. The minimum atomic E-state index is 0.210. The maximum atomic E-state index is 6.35. The number of hydrogen-bond donors (Lipinski definition) is 1. The first-order chi connectivity index (χ1) is 9.25. The molecule has 0 amide bonds. The molecule has 1 unspecified atom stereocenters. The Bertz CT molecular complexity index is 431. The van der Waals surface area contributed by atoms with Crippen LogP contribution in [0.2, 0.25) is 0 Å². The summed E-state index contributed by atoms with van der Waals surface area (Å²) in [5, 5.41) is 0. The molecular weight excluding hydrogens is 318 g/mol. The average Bonchev–Trinajstić information content (AvgIpc) is 2.36. The zero-order valence-electron chi connectivity index (χ0n) is 11.3. The Morgan fingerprint density at radius 3 is 2.89 bits per heavy atom. The monoisotopic (exact) mass is 339 g/mol. The van der Waals surface area contributed by atoms with Crippen molar-refractivity contribution >= 4 is 27.7 Å². The molecule has 0 heterocycles. The Balaban J connectivity index is 1.87. The second-order valence-corrected chi connectivity index (χ2v) is 7.12. The molecule has 2 N–H and O–H groups in total. The summed E-state index contributed by atoms with van der Waals surface area (Å²) in [5.74, 6) is 0.974. The van der Waals surface area contributed by atoms with Gasteiger partial charge < -0.3 is 5.73 Å². The summed E-state index contributed by atoms with van der Waals surface area (Å²) in [6.07, 6.45) is 10.2. The Hall–Kier alpha value is -0.250. The van der Waals surface area contributed by atoms with Crippen LogP contribution in [0.4, 0.5) is 0 Å². The Kier molecular flexibility index (Phi) is 6.48. The molecule has 1 nitrogen and oxygen atoms in total. The second kappa shape index (κ2) is 8.13. The number of thioether (sulfide) groups is 1. The van der Waals surface area contributed by atoms with Crippen LogP contribution in [0.3, 0.4) is 0 Å². The van der Waals surface area contributed by atoms with E-state index in [9.17, 15) is 0 Å². The molecule has 104 valence electrons. The number of benzene rings is 1. The number of rotatable bonds is 4. The smallest absolute Gasteiger partial charge is 0.0349 e. The van der Waals surface area contributed by atoms with Crippen LogP contribution >= 0.6 is 27.7 Å². The van der Waals surface area contributed by atoms with Gasteiger partial charge in [0.15, 0.2) is 0 Å². The van der Waals surface area contributed by atoms with Gasteiger partial charge in [0.25, 0.3) is 0 Å². The Labute approximate surface area is 129 Å². The fraction of sp³-hybridized carbons (Fsp3) is 0.500. The lowest BCUT2D eigenvalue weighted by molar-refractivity contribution is 0.606. The summed E-state index contributed by atoms with van der Waals surface area (Å²) >= 11 is 5.36. The van der Waals surface area contributed by atoms with Crippen LogP contribution in [0.1, 0.15) is 38.5 Å². The van der Waals surface area contributed by atoms with E-state index in [0.717, 1.165) is 10.2 Å². The number of halogens is 1. The molecule has 19 heavy (non-hydrogen) atoms. The minimum absolute atomic E-state index is 0.210. The summed E-state index contributed by atoms with van der Waals surface area (Å²) in [7, 11) is 0. The van der Waals surface area contributed by atoms with Gasteiger partial charge in [0.2, 0.25) is 0 Å². The van der Waals surface area contributed by atoms with Crippen molar-refractivity contribution in [1.82, 2.24) is 0 Å². The van der Waals surface area contributed by atoms with Crippen LogP contribution in [0, 0.1) is 0 Å². The van der Waals surface area contributed by atoms with Gasteiger partial charge in [-0.1, -0.05) is 46.5 Å². The van der Waals surface area contributed by atoms with Crippen molar-refractivity contribution in [2.24, 2.45) is 5.73 Å². The topological polar surface area (TPSA) is 26.0 Å². The van der Waals surface area contributed by atoms with Crippen molar-refractivity contribution in [1.29, 1.82) is 0 Å². The van der Waals surface area contributed by atoms with Crippen molar-refractivity contribution in [2.75, 3.05) is 5.75 Å². The molecule has 0 saturated heterocycles. The van der Waals surface area contributed by atoms with E-state index in [0.29, 0.717) is 0 Å². The predicted octanol–water partition coefficient (Wildman–Crippen LogP) is 5.15. The maximum Gasteiger partial charge on any atom is 0.0349 e. The van der Waals surface area contributed by atoms with E-state index in [2.05, 4.69) is 46.3 Å². The van der Waals surface area contributed by atoms with Gasteiger partial charge in [0.1, 0.15) is 0 Å². The zero-order chi connectivity index (χ0) is 13.5. The van der Waals surface area contributed by atoms with E-state index in [4.69, 9.17) is 5.73 Å². The first kappa shape index (κ1) is 15.1. The average molecular weight is 340 g/mol. The Morgan fingerprint density at radius 2 is 2.05 bits per heavy atom. The number of allylic oxidation sites excluding steroid dienone is 1. The van der Waals surface area contributed by atoms with E-state index < -0.39 is 0 Å². The summed E-state index contributed by atoms with van der Waals surface area (Å²) in [5.41, 5.74) is 7.83. The third kappa shape index (κ3) is 5.33. The van der Waals surface area contributed by atoms with Gasteiger partial charge in [0.05, 0.1) is 0 Å². The highest BCUT2D eigenvalue weighted by atomic mass is 79.9. The van der Waals surface area contributed by atoms with E-state index in [-0.39, 0.29) is 6.04 Å². The van der Waals surface area contributed by atoms with Gasteiger partial charge in [-0.25, -0.2) is 0 Å². The number of nitrogens with two attached hydrogens (primary N) is 1. The van der Waals surface area contributed by atoms with Crippen molar-refractivity contribution in [3.8, 4) is 0 Å². The van der Waals surface area contributed by atoms with Crippen LogP contribution in [0.5, 0.6) is 0 Å². The van der Waals surface area contributed by atoms with Gasteiger partial charge in [-0.3, -0.25) is 0 Å². The van der Waals surface area contributed by atoms with Crippen LogP contribution in [0.25, 0.3) is 0 Å². The largest absolute Gasteiger partial charge is 0.324 e. The van der Waals surface area contributed by atoms with Crippen molar-refractivity contribution < 1.29 is 0 Å². The predicted molar refractivity (Wildman–Crippen MR) is 88.6 cm³/mol. The molecule has 1 aliphatic rings. The van der Waals surface area contributed by atoms with Crippen LogP contribution < -0.4 is 5.73 Å². The molecule has 3 heteroatoms. The normalized spacial score (nSPS) is 21.1. The molecule has 0 aromatic heterocycles. The second-order valence-electron chi connectivity index (χ2n) is 5.11. The lowest BCUT2D eigenvalue weighted by Gasteiger charge is -2.18. The zero-order valence-corrected chi connectivity index (χ0v) is 13.7. The SMILES string of the molecule is NC(CSc1cccc(Br)c1)/C1=C/CCCCCC1. The highest BCUT2D eigenvalue weighted by Crippen LogP contribution is 2.25. The fourth-order valence-electron chi connectivity index (χ4n) is 2.40. The highest BCUT2D eigenvalue weighted by Gasteiger charge is 2.11. The molecular formula is C16H22BrNS. The van der Waals surface area contributed by atoms with E-state index in [1.807, 2.05) is 11.8 Å². The standard InChI is InChI=1S/C16H22BrNS/c17-14-9-6-10-15(11-14)19-12-16(18)13-7-4-2-1-3-5-8-13/h6-7,9-11,16H,1-5,8,12,18H2/b13-7+. The van der Waals surface area contributed by atoms with Gasteiger partial charge >= 0.3 is 0 Å². The fourth-order valence-corrected chi connectivity index (χ4v) is 3.93. The van der Waals surface area contributed by atoms with E-state index in [1.165, 1.54) is 49.0 Å². The lowest BCUT2D eigenvalue weighted by atomic mass is 9.96. The molecule has 0 saturated carbocycles. The summed E-state index contributed by atoms with van der Waals surface area (Å²) in [6.45, 7) is 0. The summed E-state index contributed by atoms with van der Waals surface area (Å²) in [6, 6.07) is 8.65. The quantitative estimate of drug-likeness (QED) is 0.606. The highest BCUT2D eigenvalue weighted by molar-refractivity contribution is 9.10. The molecule has 1 aliphatic carbocycles. The van der Waals surface area contributed by atoms with Crippen LogP contribution in [-0.4, -0.2) is 11.8 Å². The molecule has 0 fully saturated rings. The van der Waals surface area contributed by atoms with Crippen molar-refractivity contribution in [3.63, 3.8) is 0 Å².